The Kier molecular flexibility index (Phi) is 4.73. The molecule has 3 aliphatic rings. The molecule has 0 amide bonds. The van der Waals surface area contributed by atoms with Gasteiger partial charge in [0.25, 0.3) is 0 Å². The van der Waals surface area contributed by atoms with Crippen LogP contribution in [-0.2, 0) is 15.5 Å². The molecule has 0 aromatic heterocycles. The predicted octanol–water partition coefficient (Wildman–Crippen LogP) is 5.13. The molecule has 166 valence electrons. The van der Waals surface area contributed by atoms with Gasteiger partial charge in [-0.05, 0) is 59.9 Å². The summed E-state index contributed by atoms with van der Waals surface area (Å²) in [5.74, 6) is -2.98. The van der Waals surface area contributed by atoms with Gasteiger partial charge in [0.1, 0.15) is 17.4 Å². The van der Waals surface area contributed by atoms with Crippen molar-refractivity contribution in [2.24, 2.45) is 11.3 Å². The van der Waals surface area contributed by atoms with Gasteiger partial charge in [0.2, 0.25) is 0 Å². The maximum atomic E-state index is 14.0. The summed E-state index contributed by atoms with van der Waals surface area (Å²) in [5, 5.41) is 0. The maximum absolute atomic E-state index is 14.0. The number of rotatable bonds is 6. The van der Waals surface area contributed by atoms with E-state index < -0.39 is 44.7 Å². The van der Waals surface area contributed by atoms with Crippen LogP contribution in [0.4, 0.5) is 22.0 Å². The summed E-state index contributed by atoms with van der Waals surface area (Å²) in [5.41, 5.74) is -5.43. The van der Waals surface area contributed by atoms with Crippen LogP contribution >= 0.6 is 0 Å². The van der Waals surface area contributed by atoms with Gasteiger partial charge in [-0.25, -0.2) is 8.78 Å². The Morgan fingerprint density at radius 3 is 2.13 bits per heavy atom. The van der Waals surface area contributed by atoms with Gasteiger partial charge in [-0.15, -0.1) is 0 Å². The lowest BCUT2D eigenvalue weighted by Gasteiger charge is -2.73. The Morgan fingerprint density at radius 1 is 1.03 bits per heavy atom. The minimum atomic E-state index is -5.74. The summed E-state index contributed by atoms with van der Waals surface area (Å²) in [4.78, 5) is 12.7. The SMILES string of the molecule is CC(C(=O)c1ccc(F)cc1F)C12CC(c3ccc(OS(=O)(=O)C(F)(F)F)cc3)(C1)C2. The number of hydrogen-bond donors (Lipinski definition) is 0. The lowest BCUT2D eigenvalue weighted by atomic mass is 9.30. The number of carbonyl (C=O) groups is 1. The van der Waals surface area contributed by atoms with E-state index in [4.69, 9.17) is 0 Å². The molecular formula is C21H17F5O4S. The van der Waals surface area contributed by atoms with Crippen molar-refractivity contribution in [3.63, 3.8) is 0 Å². The smallest absolute Gasteiger partial charge is 0.376 e. The molecule has 5 rings (SSSR count). The first kappa shape index (κ1) is 21.7. The Bertz CT molecular complexity index is 1140. The number of benzene rings is 2. The topological polar surface area (TPSA) is 60.4 Å². The van der Waals surface area contributed by atoms with E-state index in [9.17, 15) is 35.2 Å². The molecule has 31 heavy (non-hydrogen) atoms. The molecule has 2 aromatic carbocycles. The average Bonchev–Trinajstić information content (AvgIpc) is 2.59. The fourth-order valence-electron chi connectivity index (χ4n) is 4.87. The second-order valence-electron chi connectivity index (χ2n) is 8.39. The third-order valence-corrected chi connectivity index (χ3v) is 7.51. The van der Waals surface area contributed by atoms with Gasteiger partial charge >= 0.3 is 15.6 Å². The van der Waals surface area contributed by atoms with E-state index in [2.05, 4.69) is 4.18 Å². The summed E-state index contributed by atoms with van der Waals surface area (Å²) in [6.45, 7) is 1.72. The Hall–Kier alpha value is -2.49. The van der Waals surface area contributed by atoms with Crippen molar-refractivity contribution in [1.82, 2.24) is 0 Å². The van der Waals surface area contributed by atoms with Gasteiger partial charge in [-0.1, -0.05) is 19.1 Å². The van der Waals surface area contributed by atoms with Crippen LogP contribution < -0.4 is 4.18 Å². The van der Waals surface area contributed by atoms with Crippen LogP contribution in [0, 0.1) is 23.0 Å². The fraction of sp³-hybridized carbons (Fsp3) is 0.381. The van der Waals surface area contributed by atoms with Gasteiger partial charge in [-0.2, -0.15) is 21.6 Å². The monoisotopic (exact) mass is 460 g/mol. The molecule has 0 N–H and O–H groups in total. The van der Waals surface area contributed by atoms with Crippen molar-refractivity contribution < 1.29 is 39.3 Å². The van der Waals surface area contributed by atoms with Gasteiger partial charge in [0, 0.05) is 12.0 Å². The van der Waals surface area contributed by atoms with E-state index in [0.717, 1.165) is 29.8 Å². The van der Waals surface area contributed by atoms with Crippen molar-refractivity contribution in [1.29, 1.82) is 0 Å². The first-order chi connectivity index (χ1) is 14.3. The molecule has 0 spiro atoms. The zero-order valence-electron chi connectivity index (χ0n) is 16.2. The number of ketones is 1. The quantitative estimate of drug-likeness (QED) is 0.259. The van der Waals surface area contributed by atoms with Crippen LogP contribution in [-0.4, -0.2) is 19.7 Å². The maximum Gasteiger partial charge on any atom is 0.534 e. The zero-order valence-corrected chi connectivity index (χ0v) is 17.0. The highest BCUT2D eigenvalue weighted by atomic mass is 32.2. The number of Topliss-reactive ketones (excluding diaryl/α,β-unsaturated/α-hetero) is 1. The average molecular weight is 460 g/mol. The first-order valence-corrected chi connectivity index (χ1v) is 10.8. The molecule has 0 heterocycles. The second-order valence-corrected chi connectivity index (χ2v) is 9.93. The fourth-order valence-corrected chi connectivity index (χ4v) is 5.33. The van der Waals surface area contributed by atoms with E-state index in [1.54, 1.807) is 6.92 Å². The van der Waals surface area contributed by atoms with E-state index in [1.165, 1.54) is 12.1 Å². The number of halogens is 5. The van der Waals surface area contributed by atoms with Crippen molar-refractivity contribution in [3.8, 4) is 5.75 Å². The number of hydrogen-bond acceptors (Lipinski definition) is 4. The van der Waals surface area contributed by atoms with Gasteiger partial charge in [-0.3, -0.25) is 4.79 Å². The minimum Gasteiger partial charge on any atom is -0.376 e. The minimum absolute atomic E-state index is 0.153. The molecule has 2 aromatic rings. The molecule has 10 heteroatoms. The molecule has 0 saturated heterocycles. The Morgan fingerprint density at radius 2 is 1.61 bits per heavy atom. The Balaban J connectivity index is 1.43. The molecule has 0 aliphatic heterocycles. The van der Waals surface area contributed by atoms with Crippen molar-refractivity contribution >= 4 is 15.9 Å². The predicted molar refractivity (Wildman–Crippen MR) is 99.9 cm³/mol. The summed E-state index contributed by atoms with van der Waals surface area (Å²) < 4.78 is 90.6. The third-order valence-electron chi connectivity index (χ3n) is 6.54. The molecular weight excluding hydrogens is 443 g/mol. The summed E-state index contributed by atoms with van der Waals surface area (Å²) >= 11 is 0. The summed E-state index contributed by atoms with van der Waals surface area (Å²) in [7, 11) is -5.74. The zero-order chi connectivity index (χ0) is 22.8. The van der Waals surface area contributed by atoms with Crippen molar-refractivity contribution in [3.05, 3.63) is 65.2 Å². The number of carbonyl (C=O) groups excluding carboxylic acids is 1. The van der Waals surface area contributed by atoms with E-state index >= 15 is 0 Å². The summed E-state index contributed by atoms with van der Waals surface area (Å²) in [6, 6.07) is 8.19. The molecule has 3 saturated carbocycles. The van der Waals surface area contributed by atoms with Crippen molar-refractivity contribution in [2.75, 3.05) is 0 Å². The van der Waals surface area contributed by atoms with Crippen LogP contribution in [0.2, 0.25) is 0 Å². The van der Waals surface area contributed by atoms with Crippen molar-refractivity contribution in [2.45, 2.75) is 37.1 Å². The second kappa shape index (κ2) is 6.75. The third kappa shape index (κ3) is 3.40. The Labute approximate surface area is 175 Å². The van der Waals surface area contributed by atoms with Crippen LogP contribution in [0.15, 0.2) is 42.5 Å². The highest BCUT2D eigenvalue weighted by molar-refractivity contribution is 7.88. The molecule has 0 radical (unpaired) electrons. The lowest BCUT2D eigenvalue weighted by molar-refractivity contribution is -0.165. The molecule has 4 nitrogen and oxygen atoms in total. The van der Waals surface area contributed by atoms with E-state index in [1.807, 2.05) is 0 Å². The van der Waals surface area contributed by atoms with Gasteiger partial charge in [0.05, 0.1) is 5.56 Å². The van der Waals surface area contributed by atoms with Gasteiger partial charge in [0.15, 0.2) is 5.78 Å². The van der Waals surface area contributed by atoms with Crippen LogP contribution in [0.1, 0.15) is 42.1 Å². The van der Waals surface area contributed by atoms with Crippen LogP contribution in [0.25, 0.3) is 0 Å². The van der Waals surface area contributed by atoms with Crippen LogP contribution in [0.5, 0.6) is 5.75 Å². The lowest BCUT2D eigenvalue weighted by Crippen LogP contribution is -2.68. The normalized spacial score (nSPS) is 25.9. The highest BCUT2D eigenvalue weighted by Crippen LogP contribution is 2.76. The molecule has 1 unspecified atom stereocenters. The number of alkyl halides is 3. The van der Waals surface area contributed by atoms with Crippen LogP contribution in [0.3, 0.4) is 0 Å². The first-order valence-electron chi connectivity index (χ1n) is 9.39. The standard InChI is InChI=1S/C21H17F5O4S/c1-12(18(27)16-7-4-14(22)8-17(16)23)19-9-20(10-19,11-19)13-2-5-15(6-3-13)30-31(28,29)21(24,25)26/h2-8,12H,9-11H2,1H3. The largest absolute Gasteiger partial charge is 0.534 e. The van der Waals surface area contributed by atoms with E-state index in [0.29, 0.717) is 25.3 Å². The molecule has 3 aliphatic carbocycles. The molecule has 2 bridgehead atoms. The van der Waals surface area contributed by atoms with E-state index in [-0.39, 0.29) is 16.4 Å². The summed E-state index contributed by atoms with van der Waals surface area (Å²) in [6.07, 6.45) is 1.91. The molecule has 3 fully saturated rings. The molecule has 1 atom stereocenters. The highest BCUT2D eigenvalue weighted by Gasteiger charge is 2.70. The van der Waals surface area contributed by atoms with Gasteiger partial charge < -0.3 is 4.18 Å².